The van der Waals surface area contributed by atoms with Gasteiger partial charge in [-0.25, -0.2) is 4.98 Å². The van der Waals surface area contributed by atoms with Gasteiger partial charge in [-0.1, -0.05) is 17.6 Å². The van der Waals surface area contributed by atoms with Crippen LogP contribution in [0.1, 0.15) is 11.3 Å². The average Bonchev–Trinajstić information content (AvgIpc) is 2.62. The molecule has 2 aliphatic rings. The number of rotatable bonds is 2. The third-order valence-electron chi connectivity index (χ3n) is 4.80. The molecule has 2 aromatic rings. The highest BCUT2D eigenvalue weighted by Gasteiger charge is 2.22. The second kappa shape index (κ2) is 6.55. The third kappa shape index (κ3) is 3.05. The number of thioether (sulfide) groups is 1. The first-order chi connectivity index (χ1) is 11.7. The van der Waals surface area contributed by atoms with Gasteiger partial charge >= 0.3 is 0 Å². The van der Waals surface area contributed by atoms with Gasteiger partial charge in [0.2, 0.25) is 5.95 Å². The van der Waals surface area contributed by atoms with Crippen LogP contribution in [0.4, 0.5) is 11.6 Å². The molecule has 0 amide bonds. The molecule has 0 radical (unpaired) electrons. The first-order valence-corrected chi connectivity index (χ1v) is 9.62. The molecule has 124 valence electrons. The van der Waals surface area contributed by atoms with Crippen LogP contribution in [-0.2, 0) is 12.2 Å². The van der Waals surface area contributed by atoms with Gasteiger partial charge in [-0.2, -0.15) is 11.8 Å². The first-order valence-electron chi connectivity index (χ1n) is 8.47. The van der Waals surface area contributed by atoms with E-state index >= 15 is 0 Å². The van der Waals surface area contributed by atoms with Crippen molar-refractivity contribution in [2.24, 2.45) is 0 Å². The molecule has 0 unspecified atom stereocenters. The lowest BCUT2D eigenvalue weighted by atomic mass is 9.96. The van der Waals surface area contributed by atoms with Gasteiger partial charge in [-0.05, 0) is 24.3 Å². The quantitative estimate of drug-likeness (QED) is 0.789. The van der Waals surface area contributed by atoms with E-state index in [0.29, 0.717) is 0 Å². The van der Waals surface area contributed by atoms with Crippen molar-refractivity contribution in [2.45, 2.75) is 12.2 Å². The fourth-order valence-corrected chi connectivity index (χ4v) is 4.30. The van der Waals surface area contributed by atoms with E-state index in [4.69, 9.17) is 4.98 Å². The number of nitrogens with zero attached hydrogens (tertiary/aromatic N) is 3. The monoisotopic (exact) mass is 340 g/mol. The molecule has 0 aliphatic carbocycles. The maximum atomic E-state index is 12.3. The second-order valence-electron chi connectivity index (χ2n) is 6.43. The minimum atomic E-state index is 0.0446. The molecule has 1 saturated heterocycles. The van der Waals surface area contributed by atoms with Crippen LogP contribution in [0.15, 0.2) is 29.1 Å². The molecule has 1 N–H and O–H groups in total. The molecule has 7 heteroatoms. The van der Waals surface area contributed by atoms with Crippen LogP contribution in [0.5, 0.6) is 0 Å². The zero-order chi connectivity index (χ0) is 16.5. The van der Waals surface area contributed by atoms with Gasteiger partial charge in [-0.3, -0.25) is 9.78 Å². The van der Waals surface area contributed by atoms with Crippen LogP contribution in [0, 0.1) is 0 Å². The van der Waals surface area contributed by atoms with Crippen molar-refractivity contribution in [2.75, 3.05) is 41.7 Å². The lowest BCUT2D eigenvalue weighted by molar-refractivity contribution is 0.636. The fourth-order valence-electron chi connectivity index (χ4n) is 3.31. The van der Waals surface area contributed by atoms with Gasteiger partial charge in [0.25, 0.3) is 5.56 Å². The second-order valence-corrected chi connectivity index (χ2v) is 7.53. The average molecular weight is 340 g/mol. The molecule has 1 aromatic carbocycles. The number of aromatic amines is 1. The molecule has 0 saturated carbocycles. The Morgan fingerprint density at radius 3 is 2.54 bits per heavy atom. The number of aromatic nitrogens is 2. The van der Waals surface area contributed by atoms with Gasteiger partial charge in [0.15, 0.2) is 0 Å². The minimum absolute atomic E-state index is 0.0446. The summed E-state index contributed by atoms with van der Waals surface area (Å²) in [6.07, 6.45) is 0.903. The summed E-state index contributed by atoms with van der Waals surface area (Å²) < 4.78 is 0. The van der Waals surface area contributed by atoms with E-state index in [1.807, 2.05) is 11.8 Å². The van der Waals surface area contributed by atoms with Crippen LogP contribution in [0.25, 0.3) is 0 Å². The first kappa shape index (κ1) is 15.6. The summed E-state index contributed by atoms with van der Waals surface area (Å²) in [5.74, 6) is 2.60. The molecule has 2 aliphatic heterocycles. The summed E-state index contributed by atoms with van der Waals surface area (Å²) in [5, 5.41) is 0. The highest BCUT2D eigenvalue weighted by molar-refractivity contribution is 7.98. The molecular formula is C17H21BN4OS. The van der Waals surface area contributed by atoms with E-state index in [1.165, 1.54) is 11.2 Å². The lowest BCUT2D eigenvalue weighted by Crippen LogP contribution is -2.47. The standard InChI is InChI=1S/C17H21BN4OS/c18-12-1-3-13(4-2-12)21-6-8-22(9-7-21)17-19-15-5-10-24-11-14(15)16(23)20-17/h1-4H,5-11,18H2,(H,19,20,23). The summed E-state index contributed by atoms with van der Waals surface area (Å²) in [4.78, 5) is 24.6. The molecule has 5 nitrogen and oxygen atoms in total. The highest BCUT2D eigenvalue weighted by Crippen LogP contribution is 2.22. The summed E-state index contributed by atoms with van der Waals surface area (Å²) >= 11 is 1.81. The van der Waals surface area contributed by atoms with Crippen molar-refractivity contribution < 1.29 is 0 Å². The van der Waals surface area contributed by atoms with Gasteiger partial charge in [0.1, 0.15) is 7.85 Å². The number of hydrogen-bond donors (Lipinski definition) is 1. The smallest absolute Gasteiger partial charge is 0.256 e. The molecule has 0 bridgehead atoms. The molecule has 4 rings (SSSR count). The van der Waals surface area contributed by atoms with Gasteiger partial charge in [0, 0.05) is 43.2 Å². The maximum absolute atomic E-state index is 12.3. The maximum Gasteiger partial charge on any atom is 0.256 e. The molecular weight excluding hydrogens is 319 g/mol. The Bertz CT molecular complexity index is 784. The lowest BCUT2D eigenvalue weighted by Gasteiger charge is -2.36. The van der Waals surface area contributed by atoms with Crippen molar-refractivity contribution in [3.8, 4) is 0 Å². The Hall–Kier alpha value is -1.89. The van der Waals surface area contributed by atoms with E-state index in [-0.39, 0.29) is 5.56 Å². The molecule has 1 fully saturated rings. The number of aryl methyl sites for hydroxylation is 1. The number of H-pyrrole nitrogens is 1. The number of piperazine rings is 1. The molecule has 0 spiro atoms. The van der Waals surface area contributed by atoms with Crippen LogP contribution in [0.3, 0.4) is 0 Å². The summed E-state index contributed by atoms with van der Waals surface area (Å²) in [6, 6.07) is 8.67. The van der Waals surface area contributed by atoms with E-state index in [1.54, 1.807) is 0 Å². The molecule has 0 atom stereocenters. The third-order valence-corrected chi connectivity index (χ3v) is 5.78. The van der Waals surface area contributed by atoms with Crippen LogP contribution < -0.4 is 20.8 Å². The Labute approximate surface area is 146 Å². The van der Waals surface area contributed by atoms with Crippen LogP contribution in [0.2, 0.25) is 0 Å². The Balaban J connectivity index is 1.49. The predicted molar refractivity (Wildman–Crippen MR) is 104 cm³/mol. The summed E-state index contributed by atoms with van der Waals surface area (Å²) in [6.45, 7) is 3.65. The number of benzene rings is 1. The summed E-state index contributed by atoms with van der Waals surface area (Å²) in [7, 11) is 2.11. The van der Waals surface area contributed by atoms with E-state index in [9.17, 15) is 4.79 Å². The van der Waals surface area contributed by atoms with Gasteiger partial charge in [0.05, 0.1) is 5.69 Å². The van der Waals surface area contributed by atoms with Crippen molar-refractivity contribution in [3.05, 3.63) is 45.9 Å². The normalized spacial score (nSPS) is 17.7. The number of nitrogens with one attached hydrogen (secondary N) is 1. The predicted octanol–water partition coefficient (Wildman–Crippen LogP) is 0.144. The number of fused-ring (bicyclic) bond motifs is 1. The minimum Gasteiger partial charge on any atom is -0.368 e. The highest BCUT2D eigenvalue weighted by atomic mass is 32.2. The number of hydrogen-bond acceptors (Lipinski definition) is 5. The van der Waals surface area contributed by atoms with E-state index in [0.717, 1.165) is 61.3 Å². The zero-order valence-corrected chi connectivity index (χ0v) is 14.7. The molecule has 1 aromatic heterocycles. The molecule has 24 heavy (non-hydrogen) atoms. The van der Waals surface area contributed by atoms with Gasteiger partial charge < -0.3 is 9.80 Å². The SMILES string of the molecule is Bc1ccc(N2CCN(c3nc4c(c(=O)[nH]3)CSCC4)CC2)cc1. The number of anilines is 2. The largest absolute Gasteiger partial charge is 0.368 e. The van der Waals surface area contributed by atoms with E-state index < -0.39 is 0 Å². The topological polar surface area (TPSA) is 52.2 Å². The van der Waals surface area contributed by atoms with Crippen LogP contribution >= 0.6 is 11.8 Å². The van der Waals surface area contributed by atoms with Gasteiger partial charge in [-0.15, -0.1) is 0 Å². The Morgan fingerprint density at radius 2 is 1.79 bits per heavy atom. The van der Waals surface area contributed by atoms with Crippen molar-refractivity contribution in [1.82, 2.24) is 9.97 Å². The van der Waals surface area contributed by atoms with Crippen LogP contribution in [-0.4, -0.2) is 49.7 Å². The summed E-state index contributed by atoms with van der Waals surface area (Å²) in [5.41, 5.74) is 4.46. The Morgan fingerprint density at radius 1 is 1.08 bits per heavy atom. The van der Waals surface area contributed by atoms with E-state index in [2.05, 4.69) is 46.9 Å². The van der Waals surface area contributed by atoms with Crippen molar-refractivity contribution in [1.29, 1.82) is 0 Å². The zero-order valence-electron chi connectivity index (χ0n) is 13.9. The Kier molecular flexibility index (Phi) is 4.27. The molecule has 3 heterocycles. The van der Waals surface area contributed by atoms with Crippen molar-refractivity contribution in [3.63, 3.8) is 0 Å². The fraction of sp³-hybridized carbons (Fsp3) is 0.412. The van der Waals surface area contributed by atoms with Crippen molar-refractivity contribution >= 4 is 36.7 Å².